The van der Waals surface area contributed by atoms with Gasteiger partial charge in [-0.05, 0) is 87.5 Å². The van der Waals surface area contributed by atoms with Crippen molar-refractivity contribution in [1.29, 1.82) is 5.26 Å². The summed E-state index contributed by atoms with van der Waals surface area (Å²) >= 11 is 0. The van der Waals surface area contributed by atoms with E-state index in [2.05, 4.69) is 91.6 Å². The third kappa shape index (κ3) is 5.26. The zero-order chi connectivity index (χ0) is 34.5. The molecular formula is C46H31N5. The SMILES string of the molecule is CC1(C)c2cc(C#N)ccc2-c2ccc(-c3cc(-c4cc(-c5ccccc5)nc(-c5ccccc5)n4)cc(-c4cccc5nccnc45)c3)cc21. The zero-order valence-corrected chi connectivity index (χ0v) is 28.2. The van der Waals surface area contributed by atoms with Gasteiger partial charge >= 0.3 is 0 Å². The van der Waals surface area contributed by atoms with Crippen LogP contribution in [0.1, 0.15) is 30.5 Å². The molecule has 0 radical (unpaired) electrons. The molecule has 8 aromatic rings. The lowest BCUT2D eigenvalue weighted by Crippen LogP contribution is -2.15. The van der Waals surface area contributed by atoms with E-state index in [4.69, 9.17) is 15.0 Å². The molecule has 1 aliphatic carbocycles. The maximum Gasteiger partial charge on any atom is 0.160 e. The Kier molecular flexibility index (Phi) is 7.12. The van der Waals surface area contributed by atoms with Crippen molar-refractivity contribution in [2.45, 2.75) is 19.3 Å². The molecule has 9 rings (SSSR count). The summed E-state index contributed by atoms with van der Waals surface area (Å²) in [6.07, 6.45) is 3.48. The van der Waals surface area contributed by atoms with E-state index in [1.807, 2.05) is 72.8 Å². The van der Waals surface area contributed by atoms with Gasteiger partial charge < -0.3 is 0 Å². The van der Waals surface area contributed by atoms with Crippen LogP contribution in [-0.4, -0.2) is 19.9 Å². The molecule has 0 N–H and O–H groups in total. The quantitative estimate of drug-likeness (QED) is 0.185. The van der Waals surface area contributed by atoms with E-state index >= 15 is 0 Å². The van der Waals surface area contributed by atoms with Gasteiger partial charge in [0.15, 0.2) is 5.82 Å². The van der Waals surface area contributed by atoms with Crippen molar-refractivity contribution in [3.05, 3.63) is 169 Å². The van der Waals surface area contributed by atoms with Gasteiger partial charge in [0.2, 0.25) is 0 Å². The van der Waals surface area contributed by atoms with Crippen LogP contribution in [0.4, 0.5) is 0 Å². The summed E-state index contributed by atoms with van der Waals surface area (Å²) in [6, 6.07) is 50.4. The van der Waals surface area contributed by atoms with E-state index in [9.17, 15) is 5.26 Å². The van der Waals surface area contributed by atoms with Gasteiger partial charge in [-0.1, -0.05) is 105 Å². The van der Waals surface area contributed by atoms with Crippen LogP contribution in [0.5, 0.6) is 0 Å². The van der Waals surface area contributed by atoms with Crippen molar-refractivity contribution >= 4 is 11.0 Å². The summed E-state index contributed by atoms with van der Waals surface area (Å²) < 4.78 is 0. The first kappa shape index (κ1) is 30.3. The zero-order valence-electron chi connectivity index (χ0n) is 28.2. The van der Waals surface area contributed by atoms with Gasteiger partial charge in [-0.2, -0.15) is 5.26 Å². The number of benzene rings is 6. The predicted molar refractivity (Wildman–Crippen MR) is 205 cm³/mol. The van der Waals surface area contributed by atoms with Crippen LogP contribution in [-0.2, 0) is 5.41 Å². The fraction of sp³-hybridized carbons (Fsp3) is 0.0652. The summed E-state index contributed by atoms with van der Waals surface area (Å²) in [5, 5.41) is 9.65. The molecule has 6 aromatic carbocycles. The number of nitrogens with zero attached hydrogens (tertiary/aromatic N) is 5. The van der Waals surface area contributed by atoms with E-state index < -0.39 is 0 Å². The lowest BCUT2D eigenvalue weighted by molar-refractivity contribution is 0.660. The van der Waals surface area contributed by atoms with Gasteiger partial charge in [-0.15, -0.1) is 0 Å². The van der Waals surface area contributed by atoms with Crippen LogP contribution < -0.4 is 0 Å². The topological polar surface area (TPSA) is 75.3 Å². The Morgan fingerprint density at radius 3 is 1.90 bits per heavy atom. The highest BCUT2D eigenvalue weighted by molar-refractivity contribution is 5.94. The van der Waals surface area contributed by atoms with E-state index in [-0.39, 0.29) is 5.41 Å². The predicted octanol–water partition coefficient (Wildman–Crippen LogP) is 10.9. The minimum absolute atomic E-state index is 0.263. The highest BCUT2D eigenvalue weighted by Crippen LogP contribution is 2.50. The average Bonchev–Trinajstić information content (AvgIpc) is 3.42. The van der Waals surface area contributed by atoms with Gasteiger partial charge in [0.1, 0.15) is 0 Å². The summed E-state index contributed by atoms with van der Waals surface area (Å²) in [5.74, 6) is 0.670. The van der Waals surface area contributed by atoms with Crippen LogP contribution >= 0.6 is 0 Å². The van der Waals surface area contributed by atoms with Crippen molar-refractivity contribution in [2.24, 2.45) is 0 Å². The molecule has 0 amide bonds. The molecular weight excluding hydrogens is 623 g/mol. The van der Waals surface area contributed by atoms with Gasteiger partial charge in [-0.3, -0.25) is 9.97 Å². The smallest absolute Gasteiger partial charge is 0.160 e. The minimum atomic E-state index is -0.263. The molecule has 0 atom stereocenters. The molecule has 5 heteroatoms. The van der Waals surface area contributed by atoms with Crippen LogP contribution in [0.15, 0.2) is 152 Å². The lowest BCUT2D eigenvalue weighted by Gasteiger charge is -2.22. The lowest BCUT2D eigenvalue weighted by atomic mass is 9.81. The number of aromatic nitrogens is 4. The maximum atomic E-state index is 9.65. The normalized spacial score (nSPS) is 12.6. The van der Waals surface area contributed by atoms with Crippen LogP contribution in [0.2, 0.25) is 0 Å². The number of rotatable bonds is 5. The fourth-order valence-electron chi connectivity index (χ4n) is 7.38. The second kappa shape index (κ2) is 12.0. The average molecular weight is 654 g/mol. The van der Waals surface area contributed by atoms with Crippen LogP contribution in [0.3, 0.4) is 0 Å². The van der Waals surface area contributed by atoms with E-state index in [1.165, 1.54) is 22.3 Å². The van der Waals surface area contributed by atoms with Crippen molar-refractivity contribution < 1.29 is 0 Å². The Hall–Kier alpha value is -6.77. The maximum absolute atomic E-state index is 9.65. The Balaban J connectivity index is 1.27. The second-order valence-corrected chi connectivity index (χ2v) is 13.5. The molecule has 0 bridgehead atoms. The number of hydrogen-bond donors (Lipinski definition) is 0. The van der Waals surface area contributed by atoms with E-state index in [1.54, 1.807) is 12.4 Å². The third-order valence-corrected chi connectivity index (χ3v) is 10.0. The first-order valence-electron chi connectivity index (χ1n) is 17.0. The molecule has 0 fully saturated rings. The van der Waals surface area contributed by atoms with Crippen molar-refractivity contribution in [1.82, 2.24) is 19.9 Å². The number of nitriles is 1. The Labute approximate surface area is 296 Å². The molecule has 0 saturated carbocycles. The van der Waals surface area contributed by atoms with Gasteiger partial charge in [0, 0.05) is 40.1 Å². The van der Waals surface area contributed by atoms with Gasteiger partial charge in [0.25, 0.3) is 0 Å². The summed E-state index contributed by atoms with van der Waals surface area (Å²) in [4.78, 5) is 19.6. The summed E-state index contributed by atoms with van der Waals surface area (Å²) in [7, 11) is 0. The molecule has 240 valence electrons. The van der Waals surface area contributed by atoms with E-state index in [0.29, 0.717) is 11.4 Å². The number of fused-ring (bicyclic) bond motifs is 4. The molecule has 0 spiro atoms. The first-order valence-corrected chi connectivity index (χ1v) is 17.0. The van der Waals surface area contributed by atoms with Crippen molar-refractivity contribution in [2.75, 3.05) is 0 Å². The molecule has 5 nitrogen and oxygen atoms in total. The standard InChI is InChI=1S/C46H31N5/c1-46(2)39-22-29(28-47)16-18-37(39)38-19-17-32(26-40(38)46)33-23-34(36-14-9-15-41-44(36)49-21-20-48-41)25-35(24-33)43-27-42(30-10-5-3-6-11-30)50-45(51-43)31-12-7-4-8-13-31/h3-27H,1-2H3. The summed E-state index contributed by atoms with van der Waals surface area (Å²) in [6.45, 7) is 4.49. The van der Waals surface area contributed by atoms with Crippen LogP contribution in [0, 0.1) is 11.3 Å². The second-order valence-electron chi connectivity index (χ2n) is 13.5. The Morgan fingerprint density at radius 2 is 1.14 bits per heavy atom. The number of hydrogen-bond acceptors (Lipinski definition) is 5. The Morgan fingerprint density at radius 1 is 0.490 bits per heavy atom. The van der Waals surface area contributed by atoms with Gasteiger partial charge in [-0.25, -0.2) is 9.97 Å². The van der Waals surface area contributed by atoms with Gasteiger partial charge in [0.05, 0.1) is 34.1 Å². The molecule has 0 unspecified atom stereocenters. The van der Waals surface area contributed by atoms with Crippen molar-refractivity contribution in [3.8, 4) is 73.4 Å². The fourth-order valence-corrected chi connectivity index (χ4v) is 7.38. The largest absolute Gasteiger partial charge is 0.253 e. The first-order chi connectivity index (χ1) is 25.0. The molecule has 2 aromatic heterocycles. The monoisotopic (exact) mass is 653 g/mol. The molecule has 2 heterocycles. The van der Waals surface area contributed by atoms with Crippen molar-refractivity contribution in [3.63, 3.8) is 0 Å². The highest BCUT2D eigenvalue weighted by atomic mass is 14.9. The molecule has 51 heavy (non-hydrogen) atoms. The molecule has 0 aliphatic heterocycles. The van der Waals surface area contributed by atoms with Crippen LogP contribution in [0.25, 0.3) is 78.3 Å². The highest BCUT2D eigenvalue weighted by Gasteiger charge is 2.36. The third-order valence-electron chi connectivity index (χ3n) is 10.0. The number of para-hydroxylation sites is 1. The summed E-state index contributed by atoms with van der Waals surface area (Å²) in [5.41, 5.74) is 15.8. The molecule has 1 aliphatic rings. The molecule has 0 saturated heterocycles. The Bertz CT molecular complexity index is 2610. The van der Waals surface area contributed by atoms with E-state index in [0.717, 1.165) is 61.4 Å². The minimum Gasteiger partial charge on any atom is -0.253 e.